The number of benzene rings is 1. The largest absolute Gasteiger partial charge is 0.323 e. The fraction of sp³-hybridized carbons (Fsp3) is 0.222. The van der Waals surface area contributed by atoms with Crippen molar-refractivity contribution in [2.45, 2.75) is 12.5 Å². The summed E-state index contributed by atoms with van der Waals surface area (Å²) < 4.78 is 25.7. The molecule has 2 N–H and O–H groups in total. The molecule has 0 fully saturated rings. The zero-order valence-electron chi connectivity index (χ0n) is 7.21. The Labute approximate surface area is 86.7 Å². The van der Waals surface area contributed by atoms with E-state index in [-0.39, 0.29) is 24.4 Å². The van der Waals surface area contributed by atoms with Crippen LogP contribution < -0.4 is 5.73 Å². The zero-order valence-corrected chi connectivity index (χ0v) is 8.02. The van der Waals surface area contributed by atoms with Crippen molar-refractivity contribution in [3.8, 4) is 6.07 Å². The van der Waals surface area contributed by atoms with Gasteiger partial charge in [0.2, 0.25) is 0 Å². The Morgan fingerprint density at radius 3 is 2.64 bits per heavy atom. The Kier molecular flexibility index (Phi) is 5.06. The van der Waals surface area contributed by atoms with Crippen molar-refractivity contribution in [3.05, 3.63) is 35.4 Å². The third kappa shape index (κ3) is 2.66. The van der Waals surface area contributed by atoms with E-state index in [4.69, 9.17) is 11.0 Å². The SMILES string of the molecule is Cl.N#CC[C@@H](N)c1cccc(F)c1F. The number of nitrogens with two attached hydrogens (primary N) is 1. The van der Waals surface area contributed by atoms with Crippen LogP contribution in [0.3, 0.4) is 0 Å². The third-order valence-electron chi connectivity index (χ3n) is 1.69. The van der Waals surface area contributed by atoms with E-state index < -0.39 is 17.7 Å². The van der Waals surface area contributed by atoms with E-state index in [0.29, 0.717) is 0 Å². The van der Waals surface area contributed by atoms with Gasteiger partial charge in [0.05, 0.1) is 12.5 Å². The Morgan fingerprint density at radius 2 is 2.07 bits per heavy atom. The molecule has 0 amide bonds. The summed E-state index contributed by atoms with van der Waals surface area (Å²) in [5, 5.41) is 8.31. The summed E-state index contributed by atoms with van der Waals surface area (Å²) in [5.41, 5.74) is 5.49. The smallest absolute Gasteiger partial charge is 0.163 e. The highest BCUT2D eigenvalue weighted by atomic mass is 35.5. The number of halogens is 3. The first-order chi connectivity index (χ1) is 6.16. The molecule has 1 aromatic rings. The average Bonchev–Trinajstić information content (AvgIpc) is 2.10. The fourth-order valence-electron chi connectivity index (χ4n) is 1.02. The van der Waals surface area contributed by atoms with Gasteiger partial charge in [0.15, 0.2) is 11.6 Å². The summed E-state index contributed by atoms with van der Waals surface area (Å²) in [6.45, 7) is 0. The van der Waals surface area contributed by atoms with Crippen molar-refractivity contribution in [1.82, 2.24) is 0 Å². The molecule has 0 aromatic heterocycles. The molecule has 0 aliphatic carbocycles. The molecule has 0 aliphatic rings. The second-order valence-corrected chi connectivity index (χ2v) is 2.61. The predicted octanol–water partition coefficient (Wildman–Crippen LogP) is 2.30. The first kappa shape index (κ1) is 12.8. The monoisotopic (exact) mass is 218 g/mol. The Morgan fingerprint density at radius 1 is 1.43 bits per heavy atom. The molecule has 0 saturated carbocycles. The van der Waals surface area contributed by atoms with E-state index in [9.17, 15) is 8.78 Å². The van der Waals surface area contributed by atoms with E-state index in [1.807, 2.05) is 0 Å². The summed E-state index contributed by atoms with van der Waals surface area (Å²) >= 11 is 0. The second kappa shape index (κ2) is 5.53. The maximum atomic E-state index is 13.0. The van der Waals surface area contributed by atoms with Crippen LogP contribution in [-0.2, 0) is 0 Å². The molecule has 0 unspecified atom stereocenters. The minimum absolute atomic E-state index is 0. The Bertz CT molecular complexity index is 349. The molecule has 76 valence electrons. The van der Waals surface area contributed by atoms with Gasteiger partial charge in [-0.25, -0.2) is 8.78 Å². The van der Waals surface area contributed by atoms with Crippen molar-refractivity contribution in [1.29, 1.82) is 5.26 Å². The molecule has 1 atom stereocenters. The summed E-state index contributed by atoms with van der Waals surface area (Å²) in [6.07, 6.45) is -0.0274. The van der Waals surface area contributed by atoms with Crippen molar-refractivity contribution >= 4 is 12.4 Å². The van der Waals surface area contributed by atoms with Gasteiger partial charge in [0.25, 0.3) is 0 Å². The lowest BCUT2D eigenvalue weighted by molar-refractivity contribution is 0.489. The first-order valence-electron chi connectivity index (χ1n) is 3.73. The van der Waals surface area contributed by atoms with Crippen LogP contribution in [0.4, 0.5) is 8.78 Å². The average molecular weight is 219 g/mol. The fourth-order valence-corrected chi connectivity index (χ4v) is 1.02. The van der Waals surface area contributed by atoms with Gasteiger partial charge in [-0.3, -0.25) is 0 Å². The molecular formula is C9H9ClF2N2. The van der Waals surface area contributed by atoms with Crippen molar-refractivity contribution in [2.75, 3.05) is 0 Å². The predicted molar refractivity (Wildman–Crippen MR) is 50.8 cm³/mol. The van der Waals surface area contributed by atoms with Crippen LogP contribution in [0.1, 0.15) is 18.0 Å². The van der Waals surface area contributed by atoms with Crippen LogP contribution in [0.5, 0.6) is 0 Å². The van der Waals surface area contributed by atoms with Crippen LogP contribution in [0.2, 0.25) is 0 Å². The number of nitriles is 1. The number of nitrogens with zero attached hydrogens (tertiary/aromatic N) is 1. The topological polar surface area (TPSA) is 49.8 Å². The minimum Gasteiger partial charge on any atom is -0.323 e. The van der Waals surface area contributed by atoms with E-state index in [2.05, 4.69) is 0 Å². The van der Waals surface area contributed by atoms with Crippen LogP contribution in [-0.4, -0.2) is 0 Å². The molecular weight excluding hydrogens is 210 g/mol. The minimum atomic E-state index is -0.967. The zero-order chi connectivity index (χ0) is 9.84. The van der Waals surface area contributed by atoms with Gasteiger partial charge in [0, 0.05) is 11.6 Å². The molecule has 5 heteroatoms. The van der Waals surface area contributed by atoms with Gasteiger partial charge in [-0.2, -0.15) is 5.26 Å². The van der Waals surface area contributed by atoms with Gasteiger partial charge < -0.3 is 5.73 Å². The Balaban J connectivity index is 0.00000169. The van der Waals surface area contributed by atoms with E-state index >= 15 is 0 Å². The molecule has 0 radical (unpaired) electrons. The molecule has 1 rings (SSSR count). The first-order valence-corrected chi connectivity index (χ1v) is 3.73. The highest BCUT2D eigenvalue weighted by Crippen LogP contribution is 2.19. The molecule has 0 heterocycles. The number of rotatable bonds is 2. The van der Waals surface area contributed by atoms with Crippen LogP contribution in [0.25, 0.3) is 0 Å². The number of hydrogen-bond donors (Lipinski definition) is 1. The maximum Gasteiger partial charge on any atom is 0.163 e. The molecule has 2 nitrogen and oxygen atoms in total. The van der Waals surface area contributed by atoms with Crippen LogP contribution in [0.15, 0.2) is 18.2 Å². The lowest BCUT2D eigenvalue weighted by Gasteiger charge is -2.08. The van der Waals surface area contributed by atoms with Gasteiger partial charge >= 0.3 is 0 Å². The number of hydrogen-bond acceptors (Lipinski definition) is 2. The molecule has 1 aromatic carbocycles. The Hall–Kier alpha value is -1.18. The van der Waals surface area contributed by atoms with Gasteiger partial charge in [0.1, 0.15) is 0 Å². The van der Waals surface area contributed by atoms with Crippen LogP contribution in [0, 0.1) is 23.0 Å². The lowest BCUT2D eigenvalue weighted by atomic mass is 10.0. The normalized spacial score (nSPS) is 11.3. The summed E-state index contributed by atoms with van der Waals surface area (Å²) in [7, 11) is 0. The molecule has 0 spiro atoms. The van der Waals surface area contributed by atoms with Crippen molar-refractivity contribution in [3.63, 3.8) is 0 Å². The highest BCUT2D eigenvalue weighted by Gasteiger charge is 2.13. The van der Waals surface area contributed by atoms with Crippen LogP contribution >= 0.6 is 12.4 Å². The van der Waals surface area contributed by atoms with Crippen molar-refractivity contribution in [2.24, 2.45) is 5.73 Å². The van der Waals surface area contributed by atoms with E-state index in [0.717, 1.165) is 6.07 Å². The van der Waals surface area contributed by atoms with Crippen molar-refractivity contribution < 1.29 is 8.78 Å². The van der Waals surface area contributed by atoms with E-state index in [1.54, 1.807) is 6.07 Å². The summed E-state index contributed by atoms with van der Waals surface area (Å²) in [6, 6.07) is 4.79. The third-order valence-corrected chi connectivity index (χ3v) is 1.69. The van der Waals surface area contributed by atoms with Gasteiger partial charge in [-0.1, -0.05) is 12.1 Å². The molecule has 14 heavy (non-hydrogen) atoms. The van der Waals surface area contributed by atoms with Gasteiger partial charge in [-0.15, -0.1) is 12.4 Å². The quantitative estimate of drug-likeness (QED) is 0.828. The summed E-state index contributed by atoms with van der Waals surface area (Å²) in [4.78, 5) is 0. The standard InChI is InChI=1S/C9H8F2N2.ClH/c10-7-3-1-2-6(9(7)11)8(13)4-5-12;/h1-3,8H,4,13H2;1H/t8-;/m1./s1. The molecule has 0 aliphatic heterocycles. The maximum absolute atomic E-state index is 13.0. The molecule has 0 bridgehead atoms. The molecule has 0 saturated heterocycles. The summed E-state index contributed by atoms with van der Waals surface area (Å²) in [5.74, 6) is -1.91. The van der Waals surface area contributed by atoms with Gasteiger partial charge in [-0.05, 0) is 6.07 Å². The highest BCUT2D eigenvalue weighted by molar-refractivity contribution is 5.85. The second-order valence-electron chi connectivity index (χ2n) is 2.61. The van der Waals surface area contributed by atoms with E-state index in [1.165, 1.54) is 12.1 Å². The lowest BCUT2D eigenvalue weighted by Crippen LogP contribution is -2.12.